The van der Waals surface area contributed by atoms with Crippen LogP contribution in [-0.4, -0.2) is 47.4 Å². The molecule has 1 amide bonds. The predicted molar refractivity (Wildman–Crippen MR) is 104 cm³/mol. The smallest absolute Gasteiger partial charge is 0.262 e. The van der Waals surface area contributed by atoms with Crippen molar-refractivity contribution in [1.29, 1.82) is 0 Å². The van der Waals surface area contributed by atoms with Crippen molar-refractivity contribution >= 4 is 28.5 Å². The van der Waals surface area contributed by atoms with Crippen molar-refractivity contribution in [3.63, 3.8) is 0 Å². The van der Waals surface area contributed by atoms with Gasteiger partial charge in [-0.3, -0.25) is 4.79 Å². The maximum absolute atomic E-state index is 12.3. The molecule has 0 saturated carbocycles. The zero-order valence-corrected chi connectivity index (χ0v) is 14.9. The maximum atomic E-state index is 12.3. The lowest BCUT2D eigenvalue weighted by Crippen LogP contribution is -2.47. The van der Waals surface area contributed by atoms with E-state index in [1.807, 2.05) is 24.3 Å². The molecule has 2 aliphatic rings. The van der Waals surface area contributed by atoms with Crippen LogP contribution in [0.2, 0.25) is 0 Å². The molecule has 1 fully saturated rings. The summed E-state index contributed by atoms with van der Waals surface area (Å²) >= 11 is 1.63. The second-order valence-corrected chi connectivity index (χ2v) is 7.51. The van der Waals surface area contributed by atoms with Crippen LogP contribution in [0.15, 0.2) is 65.7 Å². The standard InChI is InChI=1S/C20H21N3OS/c24-19-18(15-16-7-3-1-4-8-16)25-20(21-19)23-13-11-22(12-14-23)17-9-5-2-6-10-17/h1-10,18H,11-15H2/t18-/m0/s1. The second-order valence-electron chi connectivity index (χ2n) is 6.34. The number of anilines is 1. The molecule has 1 saturated heterocycles. The third-order valence-corrected chi connectivity index (χ3v) is 5.88. The molecule has 0 aromatic heterocycles. The highest BCUT2D eigenvalue weighted by molar-refractivity contribution is 8.15. The molecule has 1 atom stereocenters. The Kier molecular flexibility index (Phi) is 4.74. The Morgan fingerprint density at radius 2 is 1.48 bits per heavy atom. The van der Waals surface area contributed by atoms with Gasteiger partial charge >= 0.3 is 0 Å². The first kappa shape index (κ1) is 16.2. The van der Waals surface area contributed by atoms with E-state index in [2.05, 4.69) is 51.2 Å². The number of benzene rings is 2. The molecule has 128 valence electrons. The molecule has 2 aliphatic heterocycles. The molecule has 4 rings (SSSR count). The number of nitrogens with zero attached hydrogens (tertiary/aromatic N) is 3. The van der Waals surface area contributed by atoms with E-state index >= 15 is 0 Å². The molecule has 0 N–H and O–H groups in total. The van der Waals surface area contributed by atoms with E-state index < -0.39 is 0 Å². The topological polar surface area (TPSA) is 35.9 Å². The third kappa shape index (κ3) is 3.71. The minimum absolute atomic E-state index is 0.00865. The first-order valence-electron chi connectivity index (χ1n) is 8.68. The zero-order valence-electron chi connectivity index (χ0n) is 14.0. The van der Waals surface area contributed by atoms with Crippen LogP contribution in [0.5, 0.6) is 0 Å². The molecule has 2 aromatic rings. The number of amidine groups is 1. The van der Waals surface area contributed by atoms with Crippen LogP contribution in [-0.2, 0) is 11.2 Å². The van der Waals surface area contributed by atoms with E-state index in [1.54, 1.807) is 11.8 Å². The molecular weight excluding hydrogens is 330 g/mol. The minimum Gasteiger partial charge on any atom is -0.368 e. The fourth-order valence-corrected chi connectivity index (χ4v) is 4.43. The molecule has 25 heavy (non-hydrogen) atoms. The summed E-state index contributed by atoms with van der Waals surface area (Å²) in [4.78, 5) is 21.3. The van der Waals surface area contributed by atoms with Crippen molar-refractivity contribution in [1.82, 2.24) is 4.90 Å². The number of hydrogen-bond acceptors (Lipinski definition) is 4. The van der Waals surface area contributed by atoms with Crippen molar-refractivity contribution in [2.24, 2.45) is 4.99 Å². The van der Waals surface area contributed by atoms with Gasteiger partial charge in [0.25, 0.3) is 5.91 Å². The van der Waals surface area contributed by atoms with E-state index in [0.29, 0.717) is 0 Å². The van der Waals surface area contributed by atoms with Gasteiger partial charge in [-0.1, -0.05) is 60.3 Å². The van der Waals surface area contributed by atoms with Gasteiger partial charge in [-0.15, -0.1) is 0 Å². The summed E-state index contributed by atoms with van der Waals surface area (Å²) in [5.41, 5.74) is 2.46. The lowest BCUT2D eigenvalue weighted by molar-refractivity contribution is -0.117. The number of rotatable bonds is 3. The van der Waals surface area contributed by atoms with E-state index in [4.69, 9.17) is 0 Å². The highest BCUT2D eigenvalue weighted by atomic mass is 32.2. The molecular formula is C20H21N3OS. The minimum atomic E-state index is -0.0791. The Labute approximate surface area is 152 Å². The summed E-state index contributed by atoms with van der Waals surface area (Å²) in [7, 11) is 0. The number of hydrogen-bond donors (Lipinski definition) is 0. The molecule has 0 spiro atoms. The lowest BCUT2D eigenvalue weighted by atomic mass is 10.1. The van der Waals surface area contributed by atoms with Crippen LogP contribution in [0.4, 0.5) is 5.69 Å². The Morgan fingerprint density at radius 3 is 2.16 bits per heavy atom. The van der Waals surface area contributed by atoms with E-state index in [-0.39, 0.29) is 11.2 Å². The first-order valence-corrected chi connectivity index (χ1v) is 9.55. The van der Waals surface area contributed by atoms with Gasteiger partial charge < -0.3 is 9.80 Å². The number of para-hydroxylation sites is 1. The highest BCUT2D eigenvalue weighted by Gasteiger charge is 2.32. The molecule has 4 nitrogen and oxygen atoms in total. The number of aliphatic imine (C=N–C) groups is 1. The van der Waals surface area contributed by atoms with Crippen molar-refractivity contribution in [2.75, 3.05) is 31.1 Å². The monoisotopic (exact) mass is 351 g/mol. The van der Waals surface area contributed by atoms with E-state index in [1.165, 1.54) is 11.3 Å². The quantitative estimate of drug-likeness (QED) is 0.852. The van der Waals surface area contributed by atoms with Gasteiger partial charge in [-0.25, -0.2) is 0 Å². The number of carbonyl (C=O) groups is 1. The molecule has 5 heteroatoms. The van der Waals surface area contributed by atoms with Gasteiger partial charge in [0.05, 0.1) is 5.25 Å². The first-order chi connectivity index (χ1) is 12.3. The molecule has 0 radical (unpaired) electrons. The average Bonchev–Trinajstić information content (AvgIpc) is 3.04. The van der Waals surface area contributed by atoms with Crippen LogP contribution >= 0.6 is 11.8 Å². The molecule has 2 aromatic carbocycles. The van der Waals surface area contributed by atoms with Crippen molar-refractivity contribution < 1.29 is 4.79 Å². The van der Waals surface area contributed by atoms with Crippen LogP contribution < -0.4 is 4.90 Å². The van der Waals surface area contributed by atoms with Crippen molar-refractivity contribution in [3.05, 3.63) is 66.2 Å². The van der Waals surface area contributed by atoms with Gasteiger partial charge in [0.2, 0.25) is 0 Å². The summed E-state index contributed by atoms with van der Waals surface area (Å²) in [6, 6.07) is 20.7. The number of amides is 1. The fraction of sp³-hybridized carbons (Fsp3) is 0.300. The summed E-state index contributed by atoms with van der Waals surface area (Å²) in [6.07, 6.45) is 0.751. The van der Waals surface area contributed by atoms with Gasteiger partial charge in [0, 0.05) is 31.9 Å². The molecule has 0 unspecified atom stereocenters. The Morgan fingerprint density at radius 1 is 0.880 bits per heavy atom. The van der Waals surface area contributed by atoms with Crippen LogP contribution in [0, 0.1) is 0 Å². The van der Waals surface area contributed by atoms with Crippen LogP contribution in [0.1, 0.15) is 5.56 Å². The number of carbonyl (C=O) groups excluding carboxylic acids is 1. The Balaban J connectivity index is 1.34. The summed E-state index contributed by atoms with van der Waals surface area (Å²) < 4.78 is 0. The summed E-state index contributed by atoms with van der Waals surface area (Å²) in [5.74, 6) is 0.00865. The molecule has 2 heterocycles. The number of thioether (sulfide) groups is 1. The number of piperazine rings is 1. The zero-order chi connectivity index (χ0) is 17.1. The van der Waals surface area contributed by atoms with Crippen molar-refractivity contribution in [3.8, 4) is 0 Å². The van der Waals surface area contributed by atoms with Gasteiger partial charge in [-0.2, -0.15) is 4.99 Å². The van der Waals surface area contributed by atoms with Crippen LogP contribution in [0.3, 0.4) is 0 Å². The Bertz CT molecular complexity index is 755. The van der Waals surface area contributed by atoms with Gasteiger partial charge in [-0.05, 0) is 24.1 Å². The molecule has 0 bridgehead atoms. The summed E-state index contributed by atoms with van der Waals surface area (Å²) in [5, 5.41) is 0.822. The Hall–Kier alpha value is -2.27. The van der Waals surface area contributed by atoms with Gasteiger partial charge in [0.1, 0.15) is 0 Å². The molecule has 0 aliphatic carbocycles. The van der Waals surface area contributed by atoms with E-state index in [0.717, 1.165) is 37.8 Å². The SMILES string of the molecule is O=C1N=C(N2CCN(c3ccccc3)CC2)S[C@H]1Cc1ccccc1. The highest BCUT2D eigenvalue weighted by Crippen LogP contribution is 2.28. The largest absolute Gasteiger partial charge is 0.368 e. The summed E-state index contributed by atoms with van der Waals surface area (Å²) in [6.45, 7) is 3.74. The second kappa shape index (κ2) is 7.31. The maximum Gasteiger partial charge on any atom is 0.262 e. The third-order valence-electron chi connectivity index (χ3n) is 4.66. The predicted octanol–water partition coefficient (Wildman–Crippen LogP) is 3.05. The lowest BCUT2D eigenvalue weighted by Gasteiger charge is -2.36. The normalized spacial score (nSPS) is 20.7. The van der Waals surface area contributed by atoms with E-state index in [9.17, 15) is 4.79 Å². The average molecular weight is 351 g/mol. The fourth-order valence-electron chi connectivity index (χ4n) is 3.27. The van der Waals surface area contributed by atoms with Crippen molar-refractivity contribution in [2.45, 2.75) is 11.7 Å². The van der Waals surface area contributed by atoms with Crippen LogP contribution in [0.25, 0.3) is 0 Å². The van der Waals surface area contributed by atoms with Gasteiger partial charge in [0.15, 0.2) is 5.17 Å².